The number of ether oxygens (including phenoxy) is 1. The van der Waals surface area contributed by atoms with Crippen molar-refractivity contribution in [1.82, 2.24) is 0 Å². The van der Waals surface area contributed by atoms with E-state index in [9.17, 15) is 4.79 Å². The maximum atomic E-state index is 10.7. The lowest BCUT2D eigenvalue weighted by atomic mass is 10.5. The van der Waals surface area contributed by atoms with E-state index in [4.69, 9.17) is 4.74 Å². The monoisotopic (exact) mass is 249 g/mol. The normalized spacial score (nSPS) is 11.9. The molecule has 0 aromatic rings. The van der Waals surface area contributed by atoms with Crippen molar-refractivity contribution in [2.45, 2.75) is 27.0 Å². The SMILES string of the molecule is C=CC(=O)OC(C)[N+](C)(C)C.CC=CC.[Cl-]. The van der Waals surface area contributed by atoms with Gasteiger partial charge in [-0.25, -0.2) is 4.79 Å². The molecule has 0 amide bonds. The van der Waals surface area contributed by atoms with Gasteiger partial charge in [0.25, 0.3) is 0 Å². The van der Waals surface area contributed by atoms with Crippen molar-refractivity contribution >= 4 is 5.97 Å². The highest BCUT2D eigenvalue weighted by atomic mass is 35.5. The topological polar surface area (TPSA) is 26.3 Å². The van der Waals surface area contributed by atoms with Crippen LogP contribution in [0, 0.1) is 0 Å². The molecule has 1 unspecified atom stereocenters. The molecule has 0 rings (SSSR count). The summed E-state index contributed by atoms with van der Waals surface area (Å²) < 4.78 is 5.58. The van der Waals surface area contributed by atoms with Crippen LogP contribution in [0.4, 0.5) is 0 Å². The van der Waals surface area contributed by atoms with Crippen LogP contribution in [-0.2, 0) is 9.53 Å². The first-order valence-corrected chi connectivity index (χ1v) is 5.01. The smallest absolute Gasteiger partial charge is 0.334 e. The maximum Gasteiger partial charge on any atom is 0.334 e. The Hall–Kier alpha value is -0.800. The summed E-state index contributed by atoms with van der Waals surface area (Å²) in [6, 6.07) is 0. The Morgan fingerprint density at radius 3 is 1.81 bits per heavy atom. The number of hydrogen-bond donors (Lipinski definition) is 0. The summed E-state index contributed by atoms with van der Waals surface area (Å²) in [7, 11) is 5.88. The lowest BCUT2D eigenvalue weighted by Gasteiger charge is -2.29. The highest BCUT2D eigenvalue weighted by Gasteiger charge is 2.20. The van der Waals surface area contributed by atoms with Crippen LogP contribution in [0.2, 0.25) is 0 Å². The van der Waals surface area contributed by atoms with Gasteiger partial charge in [-0.15, -0.1) is 0 Å². The quantitative estimate of drug-likeness (QED) is 0.219. The average molecular weight is 250 g/mol. The van der Waals surface area contributed by atoms with Crippen molar-refractivity contribution in [2.75, 3.05) is 21.1 Å². The van der Waals surface area contributed by atoms with Gasteiger partial charge in [-0.1, -0.05) is 18.7 Å². The fraction of sp³-hybridized carbons (Fsp3) is 0.583. The van der Waals surface area contributed by atoms with Crippen molar-refractivity contribution in [2.24, 2.45) is 0 Å². The standard InChI is InChI=1S/C8H16NO2.C4H8.ClH/c1-6-8(10)11-7(2)9(3,4)5;1-3-4-2;/h6-7H,1H2,2-5H3;3-4H,1-2H3;1H/q+1;;/p-1. The fourth-order valence-electron chi connectivity index (χ4n) is 0.374. The maximum absolute atomic E-state index is 10.7. The molecule has 0 aliphatic heterocycles. The van der Waals surface area contributed by atoms with Crippen LogP contribution in [0.15, 0.2) is 24.8 Å². The minimum Gasteiger partial charge on any atom is -1.00 e. The van der Waals surface area contributed by atoms with Gasteiger partial charge in [0, 0.05) is 13.0 Å². The number of carbonyl (C=O) groups is 1. The third-order valence-corrected chi connectivity index (χ3v) is 1.88. The summed E-state index contributed by atoms with van der Waals surface area (Å²) in [6.45, 7) is 9.16. The predicted molar refractivity (Wildman–Crippen MR) is 64.3 cm³/mol. The Morgan fingerprint density at radius 1 is 1.25 bits per heavy atom. The van der Waals surface area contributed by atoms with Crippen molar-refractivity contribution < 1.29 is 26.4 Å². The molecule has 0 N–H and O–H groups in total. The van der Waals surface area contributed by atoms with Crippen LogP contribution in [-0.4, -0.2) is 37.8 Å². The number of rotatable bonds is 3. The van der Waals surface area contributed by atoms with Crippen molar-refractivity contribution in [3.8, 4) is 0 Å². The molecule has 0 aromatic carbocycles. The summed E-state index contributed by atoms with van der Waals surface area (Å²) in [5.41, 5.74) is 0. The molecule has 3 nitrogen and oxygen atoms in total. The number of nitrogens with zero attached hydrogens (tertiary/aromatic N) is 1. The summed E-state index contributed by atoms with van der Waals surface area (Å²) in [5.74, 6) is -0.370. The van der Waals surface area contributed by atoms with Crippen LogP contribution >= 0.6 is 0 Å². The molecule has 0 spiro atoms. The minimum atomic E-state index is -0.370. The second-order valence-corrected chi connectivity index (χ2v) is 4.02. The summed E-state index contributed by atoms with van der Waals surface area (Å²) in [6.07, 6.45) is 5.03. The Labute approximate surface area is 106 Å². The highest BCUT2D eigenvalue weighted by molar-refractivity contribution is 5.81. The molecule has 0 saturated heterocycles. The number of allylic oxidation sites excluding steroid dienone is 2. The van der Waals surface area contributed by atoms with Crippen molar-refractivity contribution in [1.29, 1.82) is 0 Å². The molecule has 0 radical (unpaired) electrons. The molecule has 0 aliphatic carbocycles. The van der Waals surface area contributed by atoms with E-state index in [1.165, 1.54) is 6.08 Å². The molecule has 0 aromatic heterocycles. The first kappa shape index (κ1) is 20.6. The van der Waals surface area contributed by atoms with Gasteiger partial charge < -0.3 is 17.1 Å². The Bertz CT molecular complexity index is 216. The van der Waals surface area contributed by atoms with Crippen LogP contribution in [0.1, 0.15) is 20.8 Å². The van der Waals surface area contributed by atoms with Crippen LogP contribution in [0.25, 0.3) is 0 Å². The number of esters is 1. The van der Waals surface area contributed by atoms with E-state index in [-0.39, 0.29) is 24.6 Å². The van der Waals surface area contributed by atoms with Gasteiger partial charge in [-0.2, -0.15) is 0 Å². The summed E-state index contributed by atoms with van der Waals surface area (Å²) in [5, 5.41) is 0. The molecule has 0 aliphatic rings. The van der Waals surface area contributed by atoms with Crippen LogP contribution in [0.3, 0.4) is 0 Å². The molecule has 16 heavy (non-hydrogen) atoms. The Morgan fingerprint density at radius 2 is 1.62 bits per heavy atom. The molecule has 96 valence electrons. The first-order valence-electron chi connectivity index (χ1n) is 5.01. The number of carbonyl (C=O) groups excluding carboxylic acids is 1. The Balaban J connectivity index is -0.000000292. The second kappa shape index (κ2) is 10.7. The highest BCUT2D eigenvalue weighted by Crippen LogP contribution is 2.03. The van der Waals surface area contributed by atoms with E-state index >= 15 is 0 Å². The molecule has 1 atom stereocenters. The average Bonchev–Trinajstić information content (AvgIpc) is 2.16. The van der Waals surface area contributed by atoms with Gasteiger partial charge in [0.15, 0.2) is 0 Å². The molecule has 4 heteroatoms. The molecule has 0 bridgehead atoms. The number of halogens is 1. The van der Waals surface area contributed by atoms with E-state index in [1.807, 2.05) is 54.1 Å². The number of quaternary nitrogens is 1. The van der Waals surface area contributed by atoms with Crippen molar-refractivity contribution in [3.63, 3.8) is 0 Å². The molecule has 0 fully saturated rings. The molecule has 0 saturated carbocycles. The van der Waals surface area contributed by atoms with Crippen molar-refractivity contribution in [3.05, 3.63) is 24.8 Å². The largest absolute Gasteiger partial charge is 1.00 e. The van der Waals surface area contributed by atoms with Crippen LogP contribution < -0.4 is 12.4 Å². The summed E-state index contributed by atoms with van der Waals surface area (Å²) in [4.78, 5) is 10.7. The molecular weight excluding hydrogens is 226 g/mol. The zero-order chi connectivity index (χ0) is 12.5. The van der Waals surface area contributed by atoms with E-state index in [2.05, 4.69) is 6.58 Å². The molecular formula is C12H24ClNO2. The zero-order valence-corrected chi connectivity index (χ0v) is 11.9. The third kappa shape index (κ3) is 13.2. The van der Waals surface area contributed by atoms with Gasteiger partial charge in [0.05, 0.1) is 21.1 Å². The molecule has 0 heterocycles. The Kier molecular flexibility index (Phi) is 13.8. The zero-order valence-electron chi connectivity index (χ0n) is 11.2. The second-order valence-electron chi connectivity index (χ2n) is 4.02. The van der Waals surface area contributed by atoms with E-state index in [0.717, 1.165) is 0 Å². The summed E-state index contributed by atoms with van der Waals surface area (Å²) >= 11 is 0. The van der Waals surface area contributed by atoms with Gasteiger partial charge in [0.1, 0.15) is 0 Å². The van der Waals surface area contributed by atoms with Gasteiger partial charge in [-0.3, -0.25) is 4.48 Å². The van der Waals surface area contributed by atoms with E-state index in [0.29, 0.717) is 4.48 Å². The van der Waals surface area contributed by atoms with E-state index in [1.54, 1.807) is 0 Å². The third-order valence-electron chi connectivity index (χ3n) is 1.88. The minimum absolute atomic E-state index is 0. The van der Waals surface area contributed by atoms with Crippen LogP contribution in [0.5, 0.6) is 0 Å². The predicted octanol–water partition coefficient (Wildman–Crippen LogP) is -0.646. The van der Waals surface area contributed by atoms with E-state index < -0.39 is 0 Å². The van der Waals surface area contributed by atoms with Gasteiger partial charge >= 0.3 is 5.97 Å². The fourth-order valence-corrected chi connectivity index (χ4v) is 0.374. The number of hydrogen-bond acceptors (Lipinski definition) is 2. The lowest BCUT2D eigenvalue weighted by Crippen LogP contribution is -3.00. The van der Waals surface area contributed by atoms with Gasteiger partial charge in [-0.05, 0) is 13.8 Å². The first-order chi connectivity index (χ1) is 6.79. The van der Waals surface area contributed by atoms with Gasteiger partial charge in [0.2, 0.25) is 6.23 Å². The lowest BCUT2D eigenvalue weighted by molar-refractivity contribution is -0.914.